The SMILES string of the molecule is Cc1cn([C@H]2C[C@H](OP(=O)(O)Oc3cc(-n4c5ccccc5c5ccncc54)ccc3N)[C@@H](CO)O2)c(=O)[nH]c1=O. The molecule has 13 nitrogen and oxygen atoms in total. The number of phosphoric ester groups is 1. The standard InChI is InChI=1S/C27H26N5O8P/c1-15-13-31(27(35)30-26(15)34)25-11-23(24(14-33)38-25)40-41(36,37)39-22-10-16(6-7-19(22)28)32-20-5-3-2-4-17(20)18-8-9-29-12-21(18)32/h2-10,12-13,23-25,33H,11,14,28H2,1H3,(H,36,37)(H,30,34,35)/t23-,24+,25+/m0/s1. The van der Waals surface area contributed by atoms with Crippen LogP contribution in [0.1, 0.15) is 18.2 Å². The van der Waals surface area contributed by atoms with Crippen LogP contribution in [0.25, 0.3) is 27.5 Å². The highest BCUT2D eigenvalue weighted by molar-refractivity contribution is 7.47. The third-order valence-electron chi connectivity index (χ3n) is 7.03. The van der Waals surface area contributed by atoms with Crippen LogP contribution >= 0.6 is 7.82 Å². The number of hydrogen-bond acceptors (Lipinski definition) is 9. The summed E-state index contributed by atoms with van der Waals surface area (Å²) < 4.78 is 32.8. The molecule has 212 valence electrons. The summed E-state index contributed by atoms with van der Waals surface area (Å²) in [6.45, 7) is 0.961. The van der Waals surface area contributed by atoms with E-state index < -0.39 is 44.1 Å². The van der Waals surface area contributed by atoms with Crippen molar-refractivity contribution in [3.63, 3.8) is 0 Å². The predicted octanol–water partition coefficient (Wildman–Crippen LogP) is 2.76. The normalized spacial score (nSPS) is 20.4. The minimum absolute atomic E-state index is 0.0750. The van der Waals surface area contributed by atoms with E-state index in [1.54, 1.807) is 24.5 Å². The van der Waals surface area contributed by atoms with Crippen LogP contribution in [0, 0.1) is 6.92 Å². The first-order valence-electron chi connectivity index (χ1n) is 12.7. The number of ether oxygens (including phenoxy) is 1. The van der Waals surface area contributed by atoms with Gasteiger partial charge in [-0.15, -0.1) is 0 Å². The van der Waals surface area contributed by atoms with E-state index in [0.717, 1.165) is 26.4 Å². The maximum atomic E-state index is 13.2. The lowest BCUT2D eigenvalue weighted by atomic mass is 10.2. The van der Waals surface area contributed by atoms with E-state index in [1.807, 2.05) is 34.9 Å². The van der Waals surface area contributed by atoms with Crippen molar-refractivity contribution in [2.24, 2.45) is 0 Å². The number of aliphatic hydroxyl groups is 1. The van der Waals surface area contributed by atoms with Gasteiger partial charge in [0.05, 0.1) is 35.2 Å². The van der Waals surface area contributed by atoms with Crippen LogP contribution in [0.2, 0.25) is 0 Å². The van der Waals surface area contributed by atoms with E-state index in [4.69, 9.17) is 19.5 Å². The summed E-state index contributed by atoms with van der Waals surface area (Å²) in [5.41, 5.74) is 7.53. The van der Waals surface area contributed by atoms with Gasteiger partial charge in [0.2, 0.25) is 0 Å². The van der Waals surface area contributed by atoms with Gasteiger partial charge in [-0.25, -0.2) is 9.36 Å². The van der Waals surface area contributed by atoms with Crippen LogP contribution in [-0.4, -0.2) is 47.9 Å². The number of H-pyrrole nitrogens is 1. The molecule has 4 atom stereocenters. The molecule has 1 aliphatic heterocycles. The van der Waals surface area contributed by atoms with E-state index in [9.17, 15) is 24.2 Å². The number of benzene rings is 2. The number of fused-ring (bicyclic) bond motifs is 3. The van der Waals surface area contributed by atoms with Crippen molar-refractivity contribution in [2.75, 3.05) is 12.3 Å². The fraction of sp³-hybridized carbons (Fsp3) is 0.222. The van der Waals surface area contributed by atoms with Gasteiger partial charge in [-0.3, -0.25) is 28.7 Å². The maximum absolute atomic E-state index is 13.2. The Morgan fingerprint density at radius 3 is 2.76 bits per heavy atom. The fourth-order valence-electron chi connectivity index (χ4n) is 5.10. The molecule has 0 amide bonds. The number of phosphoric acid groups is 1. The lowest BCUT2D eigenvalue weighted by Crippen LogP contribution is -2.33. The lowest BCUT2D eigenvalue weighted by Gasteiger charge is -2.21. The van der Waals surface area contributed by atoms with Crippen LogP contribution in [0.4, 0.5) is 5.69 Å². The number of pyridine rings is 1. The second-order valence-corrected chi connectivity index (χ2v) is 11.0. The van der Waals surface area contributed by atoms with Crippen LogP contribution in [0.5, 0.6) is 5.75 Å². The van der Waals surface area contributed by atoms with E-state index in [-0.39, 0.29) is 23.4 Å². The molecule has 0 saturated carbocycles. The molecule has 14 heteroatoms. The highest BCUT2D eigenvalue weighted by Gasteiger charge is 2.42. The fourth-order valence-corrected chi connectivity index (χ4v) is 6.11. The number of nitrogens with two attached hydrogens (primary N) is 1. The molecule has 4 heterocycles. The van der Waals surface area contributed by atoms with Crippen LogP contribution in [-0.2, 0) is 13.8 Å². The smallest absolute Gasteiger partial charge is 0.402 e. The number of aliphatic hydroxyl groups excluding tert-OH is 1. The van der Waals surface area contributed by atoms with E-state index in [0.29, 0.717) is 5.69 Å². The molecule has 0 spiro atoms. The first-order chi connectivity index (χ1) is 19.6. The average molecular weight is 580 g/mol. The van der Waals surface area contributed by atoms with Gasteiger partial charge in [0.15, 0.2) is 5.75 Å². The van der Waals surface area contributed by atoms with Crippen LogP contribution in [0.15, 0.2) is 76.7 Å². The summed E-state index contributed by atoms with van der Waals surface area (Å²) >= 11 is 0. The van der Waals surface area contributed by atoms with Crippen molar-refractivity contribution < 1.29 is 28.3 Å². The van der Waals surface area contributed by atoms with E-state index in [1.165, 1.54) is 19.2 Å². The molecule has 1 aliphatic rings. The van der Waals surface area contributed by atoms with Gasteiger partial charge in [0.1, 0.15) is 18.4 Å². The highest BCUT2D eigenvalue weighted by Crippen LogP contribution is 2.50. The van der Waals surface area contributed by atoms with Gasteiger partial charge < -0.3 is 24.7 Å². The second-order valence-electron chi connectivity index (χ2n) is 9.70. The summed E-state index contributed by atoms with van der Waals surface area (Å²) in [7, 11) is -4.82. The predicted molar refractivity (Wildman–Crippen MR) is 150 cm³/mol. The molecule has 6 rings (SSSR count). The zero-order chi connectivity index (χ0) is 28.9. The molecular formula is C27H26N5O8P. The van der Waals surface area contributed by atoms with Crippen molar-refractivity contribution >= 4 is 35.3 Å². The average Bonchev–Trinajstić information content (AvgIpc) is 3.50. The Hall–Kier alpha value is -4.26. The Kier molecular flexibility index (Phi) is 6.76. The summed E-state index contributed by atoms with van der Waals surface area (Å²) in [5, 5.41) is 11.8. The number of para-hydroxylation sites is 1. The van der Waals surface area contributed by atoms with Crippen molar-refractivity contribution in [1.29, 1.82) is 0 Å². The number of aromatic nitrogens is 4. The lowest BCUT2D eigenvalue weighted by molar-refractivity contribution is -0.0450. The van der Waals surface area contributed by atoms with E-state index >= 15 is 0 Å². The molecule has 5 aromatic rings. The number of nitrogen functional groups attached to an aromatic ring is 1. The van der Waals surface area contributed by atoms with Crippen molar-refractivity contribution in [3.05, 3.63) is 93.5 Å². The van der Waals surface area contributed by atoms with Gasteiger partial charge in [-0.2, -0.15) is 0 Å². The van der Waals surface area contributed by atoms with Gasteiger partial charge in [0.25, 0.3) is 5.56 Å². The van der Waals surface area contributed by atoms with Gasteiger partial charge >= 0.3 is 13.5 Å². The Morgan fingerprint density at radius 2 is 1.95 bits per heavy atom. The Balaban J connectivity index is 1.29. The molecule has 0 aliphatic carbocycles. The number of nitrogens with one attached hydrogen (secondary N) is 1. The van der Waals surface area contributed by atoms with Crippen LogP contribution in [0.3, 0.4) is 0 Å². The van der Waals surface area contributed by atoms with Crippen LogP contribution < -0.4 is 21.5 Å². The molecule has 3 aromatic heterocycles. The summed E-state index contributed by atoms with van der Waals surface area (Å²) in [6, 6.07) is 14.5. The Labute approximate surface area is 232 Å². The molecule has 1 saturated heterocycles. The molecule has 0 radical (unpaired) electrons. The van der Waals surface area contributed by atoms with Crippen molar-refractivity contribution in [1.82, 2.24) is 19.1 Å². The highest BCUT2D eigenvalue weighted by atomic mass is 31.2. The molecule has 1 unspecified atom stereocenters. The van der Waals surface area contributed by atoms with Crippen molar-refractivity contribution in [2.45, 2.75) is 31.8 Å². The third-order valence-corrected chi connectivity index (χ3v) is 7.99. The monoisotopic (exact) mass is 579 g/mol. The number of nitrogens with zero attached hydrogens (tertiary/aromatic N) is 3. The molecule has 2 aromatic carbocycles. The number of hydrogen-bond donors (Lipinski definition) is 4. The first kappa shape index (κ1) is 26.9. The summed E-state index contributed by atoms with van der Waals surface area (Å²) in [5.74, 6) is -0.0911. The second kappa shape index (κ2) is 10.3. The number of rotatable bonds is 7. The molecule has 1 fully saturated rings. The minimum atomic E-state index is -4.82. The summed E-state index contributed by atoms with van der Waals surface area (Å²) in [4.78, 5) is 41.2. The number of aryl methyl sites for hydroxylation is 1. The zero-order valence-electron chi connectivity index (χ0n) is 21.7. The number of aromatic amines is 1. The maximum Gasteiger partial charge on any atom is 0.527 e. The molecule has 5 N–H and O–H groups in total. The Morgan fingerprint density at radius 1 is 1.17 bits per heavy atom. The summed E-state index contributed by atoms with van der Waals surface area (Å²) in [6.07, 6.45) is 1.55. The Bertz CT molecular complexity index is 1900. The van der Waals surface area contributed by atoms with Crippen molar-refractivity contribution in [3.8, 4) is 11.4 Å². The molecule has 0 bridgehead atoms. The first-order valence-corrected chi connectivity index (χ1v) is 14.2. The topological polar surface area (TPSA) is 184 Å². The van der Waals surface area contributed by atoms with Gasteiger partial charge in [0, 0.05) is 41.2 Å². The molecule has 41 heavy (non-hydrogen) atoms. The largest absolute Gasteiger partial charge is 0.527 e. The quantitative estimate of drug-likeness (QED) is 0.165. The number of anilines is 1. The van der Waals surface area contributed by atoms with Gasteiger partial charge in [-0.1, -0.05) is 18.2 Å². The van der Waals surface area contributed by atoms with Gasteiger partial charge in [-0.05, 0) is 31.2 Å². The minimum Gasteiger partial charge on any atom is -0.402 e. The zero-order valence-corrected chi connectivity index (χ0v) is 22.6. The van der Waals surface area contributed by atoms with E-state index in [2.05, 4.69) is 9.97 Å². The molecular weight excluding hydrogens is 553 g/mol. The third kappa shape index (κ3) is 4.94.